The molecule has 0 radical (unpaired) electrons. The summed E-state index contributed by atoms with van der Waals surface area (Å²) in [6.45, 7) is 4.14. The molecular formula is C16H20N2O2. The largest absolute Gasteiger partial charge is 0.343 e. The lowest BCUT2D eigenvalue weighted by atomic mass is 10.0. The van der Waals surface area contributed by atoms with Gasteiger partial charge in [0.15, 0.2) is 0 Å². The second-order valence-electron chi connectivity index (χ2n) is 6.08. The number of rotatable bonds is 3. The summed E-state index contributed by atoms with van der Waals surface area (Å²) in [5.74, 6) is 0.548. The van der Waals surface area contributed by atoms with Crippen LogP contribution in [-0.2, 0) is 9.59 Å². The Labute approximate surface area is 119 Å². The van der Waals surface area contributed by atoms with Gasteiger partial charge >= 0.3 is 0 Å². The maximum Gasteiger partial charge on any atom is 0.246 e. The van der Waals surface area contributed by atoms with Gasteiger partial charge in [0.1, 0.15) is 6.04 Å². The van der Waals surface area contributed by atoms with Crippen LogP contribution in [0.1, 0.15) is 31.7 Å². The van der Waals surface area contributed by atoms with Gasteiger partial charge in [-0.2, -0.15) is 0 Å². The molecule has 1 saturated carbocycles. The van der Waals surface area contributed by atoms with E-state index in [4.69, 9.17) is 0 Å². The lowest BCUT2D eigenvalue weighted by Crippen LogP contribution is -2.60. The Hall–Kier alpha value is -1.84. The van der Waals surface area contributed by atoms with E-state index in [-0.39, 0.29) is 36.4 Å². The van der Waals surface area contributed by atoms with Gasteiger partial charge in [-0.25, -0.2) is 0 Å². The molecule has 1 aromatic rings. The molecule has 3 atom stereocenters. The van der Waals surface area contributed by atoms with Crippen LogP contribution in [0.4, 0.5) is 0 Å². The molecule has 2 amide bonds. The lowest BCUT2D eigenvalue weighted by Gasteiger charge is -2.34. The molecule has 2 fully saturated rings. The molecule has 1 aliphatic carbocycles. The highest BCUT2D eigenvalue weighted by Crippen LogP contribution is 2.45. The summed E-state index contributed by atoms with van der Waals surface area (Å²) in [4.78, 5) is 26.1. The third kappa shape index (κ3) is 2.30. The number of nitrogens with zero attached hydrogens (tertiary/aromatic N) is 1. The second kappa shape index (κ2) is 4.93. The number of hydrogen-bond acceptors (Lipinski definition) is 2. The van der Waals surface area contributed by atoms with E-state index in [0.717, 1.165) is 6.42 Å². The van der Waals surface area contributed by atoms with Gasteiger partial charge in [-0.3, -0.25) is 9.59 Å². The molecule has 1 aliphatic heterocycles. The molecule has 106 valence electrons. The van der Waals surface area contributed by atoms with Crippen molar-refractivity contribution in [3.05, 3.63) is 35.9 Å². The van der Waals surface area contributed by atoms with Gasteiger partial charge < -0.3 is 10.2 Å². The van der Waals surface area contributed by atoms with E-state index in [1.807, 2.05) is 32.0 Å². The molecule has 1 N–H and O–H groups in total. The monoisotopic (exact) mass is 272 g/mol. The first-order valence-corrected chi connectivity index (χ1v) is 7.22. The molecule has 0 spiro atoms. The minimum Gasteiger partial charge on any atom is -0.343 e. The molecule has 4 heteroatoms. The van der Waals surface area contributed by atoms with Crippen LogP contribution in [-0.4, -0.2) is 35.3 Å². The van der Waals surface area contributed by atoms with Crippen molar-refractivity contribution in [2.45, 2.75) is 38.3 Å². The van der Waals surface area contributed by atoms with E-state index in [2.05, 4.69) is 17.4 Å². The Morgan fingerprint density at radius 3 is 2.55 bits per heavy atom. The predicted octanol–water partition coefficient (Wildman–Crippen LogP) is 1.53. The fraction of sp³-hybridized carbons (Fsp3) is 0.500. The molecule has 0 bridgehead atoms. The summed E-state index contributed by atoms with van der Waals surface area (Å²) < 4.78 is 0. The number of hydrogen-bond donors (Lipinski definition) is 1. The Morgan fingerprint density at radius 1 is 1.20 bits per heavy atom. The lowest BCUT2D eigenvalue weighted by molar-refractivity contribution is -0.146. The minimum absolute atomic E-state index is 0.0398. The topological polar surface area (TPSA) is 49.4 Å². The summed E-state index contributed by atoms with van der Waals surface area (Å²) in [6, 6.07) is 10.1. The van der Waals surface area contributed by atoms with Crippen LogP contribution in [0, 0.1) is 5.92 Å². The van der Waals surface area contributed by atoms with Crippen molar-refractivity contribution in [3.8, 4) is 0 Å². The van der Waals surface area contributed by atoms with E-state index in [9.17, 15) is 9.59 Å². The zero-order valence-corrected chi connectivity index (χ0v) is 11.9. The zero-order valence-electron chi connectivity index (χ0n) is 11.9. The molecule has 1 saturated heterocycles. The number of carbonyl (C=O) groups is 2. The molecule has 2 aliphatic rings. The maximum atomic E-state index is 12.5. The predicted molar refractivity (Wildman–Crippen MR) is 76.1 cm³/mol. The molecule has 20 heavy (non-hydrogen) atoms. The number of benzene rings is 1. The highest BCUT2D eigenvalue weighted by molar-refractivity contribution is 5.95. The summed E-state index contributed by atoms with van der Waals surface area (Å²) in [5, 5.41) is 2.80. The smallest absolute Gasteiger partial charge is 0.246 e. The highest BCUT2D eigenvalue weighted by atomic mass is 16.2. The van der Waals surface area contributed by atoms with Crippen molar-refractivity contribution in [2.24, 2.45) is 5.92 Å². The van der Waals surface area contributed by atoms with E-state index in [1.54, 1.807) is 4.90 Å². The van der Waals surface area contributed by atoms with Crippen LogP contribution in [0.5, 0.6) is 0 Å². The number of piperazine rings is 1. The Balaban J connectivity index is 1.75. The third-order valence-corrected chi connectivity index (χ3v) is 4.23. The van der Waals surface area contributed by atoms with E-state index in [0.29, 0.717) is 5.92 Å². The van der Waals surface area contributed by atoms with Crippen LogP contribution in [0.15, 0.2) is 30.3 Å². The Kier molecular flexibility index (Phi) is 3.24. The van der Waals surface area contributed by atoms with Crippen LogP contribution in [0.25, 0.3) is 0 Å². The van der Waals surface area contributed by atoms with E-state index >= 15 is 0 Å². The zero-order chi connectivity index (χ0) is 14.3. The Morgan fingerprint density at radius 2 is 1.90 bits per heavy atom. The van der Waals surface area contributed by atoms with Gasteiger partial charge in [0.2, 0.25) is 11.8 Å². The van der Waals surface area contributed by atoms with E-state index in [1.165, 1.54) is 5.56 Å². The summed E-state index contributed by atoms with van der Waals surface area (Å²) in [6.07, 6.45) is 0.966. The number of carbonyl (C=O) groups excluding carboxylic acids is 2. The van der Waals surface area contributed by atoms with Gasteiger partial charge in [0.25, 0.3) is 0 Å². The van der Waals surface area contributed by atoms with Crippen LogP contribution < -0.4 is 5.32 Å². The second-order valence-corrected chi connectivity index (χ2v) is 6.08. The molecule has 4 nitrogen and oxygen atoms in total. The average molecular weight is 272 g/mol. The number of nitrogens with one attached hydrogen (secondary N) is 1. The normalized spacial score (nSPS) is 29.6. The van der Waals surface area contributed by atoms with Crippen molar-refractivity contribution in [1.82, 2.24) is 10.2 Å². The van der Waals surface area contributed by atoms with Crippen LogP contribution in [0.3, 0.4) is 0 Å². The van der Waals surface area contributed by atoms with Crippen molar-refractivity contribution in [2.75, 3.05) is 6.54 Å². The van der Waals surface area contributed by atoms with Crippen molar-refractivity contribution < 1.29 is 9.59 Å². The van der Waals surface area contributed by atoms with Crippen LogP contribution in [0.2, 0.25) is 0 Å². The molecular weight excluding hydrogens is 252 g/mol. The first kappa shape index (κ1) is 13.2. The van der Waals surface area contributed by atoms with Crippen molar-refractivity contribution in [3.63, 3.8) is 0 Å². The highest BCUT2D eigenvalue weighted by Gasteiger charge is 2.48. The molecule has 3 unspecified atom stereocenters. The van der Waals surface area contributed by atoms with E-state index < -0.39 is 0 Å². The third-order valence-electron chi connectivity index (χ3n) is 4.23. The average Bonchev–Trinajstić information content (AvgIpc) is 3.22. The van der Waals surface area contributed by atoms with Crippen molar-refractivity contribution >= 4 is 11.8 Å². The van der Waals surface area contributed by atoms with Gasteiger partial charge in [-0.1, -0.05) is 44.2 Å². The molecule has 1 heterocycles. The fourth-order valence-corrected chi connectivity index (χ4v) is 3.01. The summed E-state index contributed by atoms with van der Waals surface area (Å²) in [7, 11) is 0. The molecule has 1 aromatic carbocycles. The summed E-state index contributed by atoms with van der Waals surface area (Å²) in [5.41, 5.74) is 1.26. The minimum atomic E-state index is -0.367. The molecule has 3 rings (SSSR count). The maximum absolute atomic E-state index is 12.5. The SMILES string of the molecule is CC(C)C1NC(=O)CN(C2CC2c2ccccc2)C1=O. The first-order valence-electron chi connectivity index (χ1n) is 7.22. The van der Waals surface area contributed by atoms with Gasteiger partial charge in [0, 0.05) is 12.0 Å². The fourth-order valence-electron chi connectivity index (χ4n) is 3.01. The van der Waals surface area contributed by atoms with Gasteiger partial charge in [-0.05, 0) is 17.9 Å². The standard InChI is InChI=1S/C16H20N2O2/c1-10(2)15-16(20)18(9-14(19)17-15)13-8-12(13)11-6-4-3-5-7-11/h3-7,10,12-13,15H,8-9H2,1-2H3,(H,17,19). The molecule has 0 aromatic heterocycles. The van der Waals surface area contributed by atoms with Crippen LogP contribution >= 0.6 is 0 Å². The Bertz CT molecular complexity index is 527. The van der Waals surface area contributed by atoms with Gasteiger partial charge in [-0.15, -0.1) is 0 Å². The first-order chi connectivity index (χ1) is 9.58. The summed E-state index contributed by atoms with van der Waals surface area (Å²) >= 11 is 0. The number of amides is 2. The quantitative estimate of drug-likeness (QED) is 0.907. The van der Waals surface area contributed by atoms with Gasteiger partial charge in [0.05, 0.1) is 6.54 Å². The van der Waals surface area contributed by atoms with Crippen molar-refractivity contribution in [1.29, 1.82) is 0 Å².